The summed E-state index contributed by atoms with van der Waals surface area (Å²) in [5.74, 6) is -0.209. The number of hydrogen-bond acceptors (Lipinski definition) is 5. The summed E-state index contributed by atoms with van der Waals surface area (Å²) in [6, 6.07) is 18.0. The summed E-state index contributed by atoms with van der Waals surface area (Å²) < 4.78 is 12.1. The van der Waals surface area contributed by atoms with E-state index in [1.165, 1.54) is 6.92 Å². The Hall–Kier alpha value is -4.19. The minimum absolute atomic E-state index is 0.00229. The Morgan fingerprint density at radius 2 is 1.54 bits per heavy atom. The van der Waals surface area contributed by atoms with Gasteiger partial charge < -0.3 is 14.5 Å². The second kappa shape index (κ2) is 10.1. The van der Waals surface area contributed by atoms with E-state index in [2.05, 4.69) is 26.1 Å². The molecule has 1 amide bonds. The fourth-order valence-electron chi connectivity index (χ4n) is 4.04. The lowest BCUT2D eigenvalue weighted by Crippen LogP contribution is -2.17. The van der Waals surface area contributed by atoms with Gasteiger partial charge >= 0.3 is 0 Å². The monoisotopic (exact) mass is 497 g/mol. The fraction of sp³-hybridized carbons (Fsp3) is 0.258. The summed E-state index contributed by atoms with van der Waals surface area (Å²) in [5.41, 5.74) is 4.91. The van der Waals surface area contributed by atoms with Crippen molar-refractivity contribution >= 4 is 28.3 Å². The Balaban J connectivity index is 1.72. The standard InChI is InChI=1S/C31H31NO5/c1-18-15-25-27(16-19(18)2)37-29(22-7-11-23(12-8-22)31(4,5)6)30(28(25)35)36-17-26(34)21-9-13-24(14-10-21)32-20(3)33/h7-16H,17H2,1-6H3,(H,32,33). The van der Waals surface area contributed by atoms with Crippen molar-refractivity contribution in [2.45, 2.75) is 47.0 Å². The third-order valence-corrected chi connectivity index (χ3v) is 6.35. The predicted octanol–water partition coefficient (Wildman–Crippen LogP) is 6.59. The van der Waals surface area contributed by atoms with Crippen molar-refractivity contribution in [3.8, 4) is 17.1 Å². The van der Waals surface area contributed by atoms with Gasteiger partial charge in [-0.1, -0.05) is 45.0 Å². The first-order valence-electron chi connectivity index (χ1n) is 12.2. The van der Waals surface area contributed by atoms with E-state index < -0.39 is 0 Å². The molecule has 37 heavy (non-hydrogen) atoms. The molecule has 4 rings (SSSR count). The summed E-state index contributed by atoms with van der Waals surface area (Å²) in [4.78, 5) is 37.7. The zero-order valence-electron chi connectivity index (χ0n) is 22.0. The smallest absolute Gasteiger partial charge is 0.235 e. The van der Waals surface area contributed by atoms with Crippen LogP contribution in [0.2, 0.25) is 0 Å². The summed E-state index contributed by atoms with van der Waals surface area (Å²) >= 11 is 0. The minimum atomic E-state index is -0.340. The molecule has 1 N–H and O–H groups in total. The summed E-state index contributed by atoms with van der Waals surface area (Å²) in [7, 11) is 0. The molecule has 0 atom stereocenters. The van der Waals surface area contributed by atoms with Gasteiger partial charge in [0, 0.05) is 23.7 Å². The van der Waals surface area contributed by atoms with E-state index in [-0.39, 0.29) is 40.7 Å². The van der Waals surface area contributed by atoms with Crippen molar-refractivity contribution in [1.82, 2.24) is 0 Å². The average Bonchev–Trinajstić information content (AvgIpc) is 2.84. The van der Waals surface area contributed by atoms with Crippen LogP contribution in [0.3, 0.4) is 0 Å². The normalized spacial score (nSPS) is 11.4. The Kier molecular flexibility index (Phi) is 7.03. The van der Waals surface area contributed by atoms with Gasteiger partial charge in [-0.25, -0.2) is 0 Å². The molecule has 0 aliphatic rings. The number of aryl methyl sites for hydroxylation is 2. The number of hydrogen-bond donors (Lipinski definition) is 1. The molecule has 0 spiro atoms. The van der Waals surface area contributed by atoms with Gasteiger partial charge in [0.1, 0.15) is 5.58 Å². The molecule has 6 nitrogen and oxygen atoms in total. The van der Waals surface area contributed by atoms with E-state index in [9.17, 15) is 14.4 Å². The van der Waals surface area contributed by atoms with Gasteiger partial charge in [0.05, 0.1) is 5.39 Å². The fourth-order valence-corrected chi connectivity index (χ4v) is 4.04. The van der Waals surface area contributed by atoms with E-state index in [1.54, 1.807) is 30.3 Å². The zero-order valence-corrected chi connectivity index (χ0v) is 22.0. The zero-order chi connectivity index (χ0) is 26.9. The quantitative estimate of drug-likeness (QED) is 0.304. The van der Waals surface area contributed by atoms with Crippen molar-refractivity contribution in [2.75, 3.05) is 11.9 Å². The lowest BCUT2D eigenvalue weighted by Gasteiger charge is -2.19. The van der Waals surface area contributed by atoms with Crippen LogP contribution >= 0.6 is 0 Å². The molecule has 0 aliphatic heterocycles. The van der Waals surface area contributed by atoms with Crippen LogP contribution in [0.4, 0.5) is 5.69 Å². The summed E-state index contributed by atoms with van der Waals surface area (Å²) in [6.07, 6.45) is 0. The highest BCUT2D eigenvalue weighted by atomic mass is 16.5. The van der Waals surface area contributed by atoms with E-state index >= 15 is 0 Å². The molecule has 1 heterocycles. The van der Waals surface area contributed by atoms with Gasteiger partial charge in [0.25, 0.3) is 0 Å². The van der Waals surface area contributed by atoms with Crippen LogP contribution in [0.5, 0.6) is 5.75 Å². The molecule has 0 bridgehead atoms. The third-order valence-electron chi connectivity index (χ3n) is 6.35. The van der Waals surface area contributed by atoms with Crippen LogP contribution in [0.15, 0.2) is 69.9 Å². The van der Waals surface area contributed by atoms with E-state index in [0.717, 1.165) is 16.7 Å². The third kappa shape index (κ3) is 5.64. The van der Waals surface area contributed by atoms with Crippen molar-refractivity contribution in [2.24, 2.45) is 0 Å². The molecule has 0 aliphatic carbocycles. The number of Topliss-reactive ketones (excluding diaryl/α,β-unsaturated/α-hetero) is 1. The second-order valence-corrected chi connectivity index (χ2v) is 10.3. The largest absolute Gasteiger partial charge is 0.478 e. The van der Waals surface area contributed by atoms with Crippen molar-refractivity contribution < 1.29 is 18.7 Å². The van der Waals surface area contributed by atoms with Crippen LogP contribution < -0.4 is 15.5 Å². The highest BCUT2D eigenvalue weighted by Gasteiger charge is 2.21. The Labute approximate surface area is 216 Å². The van der Waals surface area contributed by atoms with E-state index in [0.29, 0.717) is 27.8 Å². The highest BCUT2D eigenvalue weighted by molar-refractivity contribution is 5.98. The molecule has 0 fully saturated rings. The van der Waals surface area contributed by atoms with Gasteiger partial charge in [0.2, 0.25) is 17.1 Å². The molecule has 0 saturated carbocycles. The van der Waals surface area contributed by atoms with Crippen LogP contribution in [0, 0.1) is 13.8 Å². The predicted molar refractivity (Wildman–Crippen MR) is 147 cm³/mol. The van der Waals surface area contributed by atoms with Crippen LogP contribution in [-0.4, -0.2) is 18.3 Å². The van der Waals surface area contributed by atoms with Crippen LogP contribution in [-0.2, 0) is 10.2 Å². The first-order valence-corrected chi connectivity index (χ1v) is 12.2. The maximum absolute atomic E-state index is 13.6. The van der Waals surface area contributed by atoms with Gasteiger partial charge in [0.15, 0.2) is 18.2 Å². The molecule has 4 aromatic rings. The molecule has 190 valence electrons. The highest BCUT2D eigenvalue weighted by Crippen LogP contribution is 2.33. The Morgan fingerprint density at radius 1 is 0.919 bits per heavy atom. The van der Waals surface area contributed by atoms with Crippen molar-refractivity contribution in [1.29, 1.82) is 0 Å². The number of benzene rings is 3. The van der Waals surface area contributed by atoms with Gasteiger partial charge in [-0.2, -0.15) is 0 Å². The number of amides is 1. The molecule has 6 heteroatoms. The first-order chi connectivity index (χ1) is 17.4. The minimum Gasteiger partial charge on any atom is -0.478 e. The number of carbonyl (C=O) groups excluding carboxylic acids is 2. The second-order valence-electron chi connectivity index (χ2n) is 10.3. The van der Waals surface area contributed by atoms with Crippen molar-refractivity contribution in [3.63, 3.8) is 0 Å². The SMILES string of the molecule is CC(=O)Nc1ccc(C(=O)COc2c(-c3ccc(C(C)(C)C)cc3)oc3cc(C)c(C)cc3c2=O)cc1. The first kappa shape index (κ1) is 25.9. The maximum Gasteiger partial charge on any atom is 0.235 e. The van der Waals surface area contributed by atoms with Crippen molar-refractivity contribution in [3.05, 3.63) is 93.1 Å². The molecule has 1 aromatic heterocycles. The molecular formula is C31H31NO5. The van der Waals surface area contributed by atoms with Gasteiger partial charge in [-0.3, -0.25) is 14.4 Å². The Morgan fingerprint density at radius 3 is 2.14 bits per heavy atom. The summed E-state index contributed by atoms with van der Waals surface area (Å²) in [6.45, 7) is 11.4. The molecule has 0 radical (unpaired) electrons. The van der Waals surface area contributed by atoms with E-state index in [1.807, 2.05) is 44.2 Å². The van der Waals surface area contributed by atoms with E-state index in [4.69, 9.17) is 9.15 Å². The lowest BCUT2D eigenvalue weighted by atomic mass is 9.86. The van der Waals surface area contributed by atoms with Gasteiger partial charge in [-0.15, -0.1) is 0 Å². The Bertz CT molecular complexity index is 1540. The average molecular weight is 498 g/mol. The maximum atomic E-state index is 13.6. The molecule has 3 aromatic carbocycles. The molecule has 0 unspecified atom stereocenters. The lowest BCUT2D eigenvalue weighted by molar-refractivity contribution is -0.114. The molecular weight excluding hydrogens is 466 g/mol. The number of fused-ring (bicyclic) bond motifs is 1. The number of carbonyl (C=O) groups is 2. The number of ether oxygens (including phenoxy) is 1. The number of nitrogens with one attached hydrogen (secondary N) is 1. The van der Waals surface area contributed by atoms with Crippen LogP contribution in [0.1, 0.15) is 54.7 Å². The summed E-state index contributed by atoms with van der Waals surface area (Å²) in [5, 5.41) is 3.07. The van der Waals surface area contributed by atoms with Crippen LogP contribution in [0.25, 0.3) is 22.3 Å². The molecule has 0 saturated heterocycles. The topological polar surface area (TPSA) is 85.6 Å². The number of rotatable bonds is 6. The van der Waals surface area contributed by atoms with Gasteiger partial charge in [-0.05, 0) is 72.4 Å². The number of ketones is 1. The number of anilines is 1.